The molecule has 0 radical (unpaired) electrons. The Labute approximate surface area is 199 Å². The Kier molecular flexibility index (Phi) is 5.63. The monoisotopic (exact) mass is 480 g/mol. The van der Waals surface area contributed by atoms with Crippen LogP contribution >= 0.6 is 0 Å². The minimum absolute atomic E-state index is 0.0764. The topological polar surface area (TPSA) is 101 Å². The number of aromatic nitrogens is 4. The van der Waals surface area contributed by atoms with Crippen molar-refractivity contribution in [3.8, 4) is 17.3 Å². The summed E-state index contributed by atoms with van der Waals surface area (Å²) in [6.45, 7) is 2.04. The summed E-state index contributed by atoms with van der Waals surface area (Å²) in [6, 6.07) is 6.66. The van der Waals surface area contributed by atoms with E-state index in [1.54, 1.807) is 59.4 Å². The summed E-state index contributed by atoms with van der Waals surface area (Å²) in [7, 11) is -1.50. The van der Waals surface area contributed by atoms with Crippen molar-refractivity contribution in [3.63, 3.8) is 0 Å². The van der Waals surface area contributed by atoms with Gasteiger partial charge in [-0.15, -0.1) is 0 Å². The molecule has 0 saturated heterocycles. The molecule has 2 aromatic heterocycles. The van der Waals surface area contributed by atoms with Crippen molar-refractivity contribution >= 4 is 27.2 Å². The summed E-state index contributed by atoms with van der Waals surface area (Å²) in [5.41, 5.74) is 1.47. The number of fused-ring (bicyclic) bond motifs is 1. The highest BCUT2D eigenvalue weighted by atomic mass is 32.2. The van der Waals surface area contributed by atoms with E-state index < -0.39 is 9.84 Å². The van der Waals surface area contributed by atoms with Gasteiger partial charge in [-0.1, -0.05) is 19.8 Å². The van der Waals surface area contributed by atoms with Gasteiger partial charge in [-0.3, -0.25) is 9.36 Å². The predicted octanol–water partition coefficient (Wildman–Crippen LogP) is 3.24. The van der Waals surface area contributed by atoms with Crippen molar-refractivity contribution in [1.82, 2.24) is 19.5 Å². The third-order valence-electron chi connectivity index (χ3n) is 6.80. The number of hydrogen-bond donors (Lipinski definition) is 0. The fourth-order valence-electron chi connectivity index (χ4n) is 5.02. The molecule has 1 atom stereocenters. The van der Waals surface area contributed by atoms with Gasteiger partial charge in [0.1, 0.15) is 17.6 Å². The molecule has 5 rings (SSSR count). The van der Waals surface area contributed by atoms with E-state index in [-0.39, 0.29) is 22.9 Å². The quantitative estimate of drug-likeness (QED) is 0.552. The maximum absolute atomic E-state index is 13.1. The largest absolute Gasteiger partial charge is 0.340 e. The van der Waals surface area contributed by atoms with Gasteiger partial charge < -0.3 is 9.80 Å². The van der Waals surface area contributed by atoms with Gasteiger partial charge >= 0.3 is 0 Å². The van der Waals surface area contributed by atoms with Crippen LogP contribution in [0.25, 0.3) is 17.3 Å². The molecular weight excluding hydrogens is 452 g/mol. The molecule has 1 amide bonds. The maximum Gasteiger partial charge on any atom is 0.249 e. The van der Waals surface area contributed by atoms with Crippen molar-refractivity contribution in [2.75, 3.05) is 23.1 Å². The van der Waals surface area contributed by atoms with Crippen molar-refractivity contribution < 1.29 is 13.2 Å². The van der Waals surface area contributed by atoms with Crippen LogP contribution in [0.1, 0.15) is 39.0 Å². The Morgan fingerprint density at radius 3 is 2.44 bits per heavy atom. The van der Waals surface area contributed by atoms with E-state index in [9.17, 15) is 13.2 Å². The van der Waals surface area contributed by atoms with E-state index in [1.165, 1.54) is 6.26 Å². The molecule has 3 heterocycles. The zero-order chi connectivity index (χ0) is 24.0. The number of hydrogen-bond acceptors (Lipinski definition) is 7. The first-order chi connectivity index (χ1) is 16.3. The summed E-state index contributed by atoms with van der Waals surface area (Å²) in [4.78, 5) is 31.2. The Bertz CT molecular complexity index is 1330. The number of carbonyl (C=O) groups excluding carboxylic acids is 1. The molecule has 1 saturated carbocycles. The molecular formula is C24H28N6O3S. The Balaban J connectivity index is 1.59. The summed E-state index contributed by atoms with van der Waals surface area (Å²) >= 11 is 0. The second-order valence-electron chi connectivity index (χ2n) is 8.96. The first-order valence-electron chi connectivity index (χ1n) is 11.6. The number of sulfone groups is 1. The molecule has 9 nitrogen and oxygen atoms in total. The Hall–Kier alpha value is -3.27. The van der Waals surface area contributed by atoms with Crippen LogP contribution in [0.5, 0.6) is 0 Å². The van der Waals surface area contributed by atoms with E-state index in [2.05, 4.69) is 14.9 Å². The van der Waals surface area contributed by atoms with Crippen LogP contribution in [-0.2, 0) is 14.6 Å². The Morgan fingerprint density at radius 1 is 1.09 bits per heavy atom. The predicted molar refractivity (Wildman–Crippen MR) is 130 cm³/mol. The molecule has 2 aliphatic rings. The highest BCUT2D eigenvalue weighted by molar-refractivity contribution is 7.90. The van der Waals surface area contributed by atoms with Gasteiger partial charge in [-0.2, -0.15) is 4.98 Å². The van der Waals surface area contributed by atoms with Gasteiger partial charge in [0.05, 0.1) is 11.1 Å². The zero-order valence-corrected chi connectivity index (χ0v) is 20.4. The fourth-order valence-corrected chi connectivity index (χ4v) is 5.65. The van der Waals surface area contributed by atoms with Gasteiger partial charge in [0.15, 0.2) is 15.7 Å². The second kappa shape index (κ2) is 8.50. The number of rotatable bonds is 5. The van der Waals surface area contributed by atoms with Gasteiger partial charge in [-0.25, -0.2) is 18.4 Å². The molecule has 0 spiro atoms. The van der Waals surface area contributed by atoms with E-state index >= 15 is 0 Å². The lowest BCUT2D eigenvalue weighted by Crippen LogP contribution is -2.55. The van der Waals surface area contributed by atoms with E-state index in [0.29, 0.717) is 23.9 Å². The first-order valence-corrected chi connectivity index (χ1v) is 13.5. The summed E-state index contributed by atoms with van der Waals surface area (Å²) in [5.74, 6) is 1.92. The minimum atomic E-state index is -3.28. The number of anilines is 2. The lowest BCUT2D eigenvalue weighted by molar-refractivity contribution is -0.120. The molecule has 1 fully saturated rings. The number of amides is 1. The summed E-state index contributed by atoms with van der Waals surface area (Å²) in [6.07, 6.45) is 11.5. The van der Waals surface area contributed by atoms with Crippen molar-refractivity contribution in [1.29, 1.82) is 0 Å². The van der Waals surface area contributed by atoms with Crippen molar-refractivity contribution in [2.24, 2.45) is 0 Å². The van der Waals surface area contributed by atoms with Crippen LogP contribution in [0.15, 0.2) is 47.8 Å². The van der Waals surface area contributed by atoms with Gasteiger partial charge in [0.2, 0.25) is 11.9 Å². The average Bonchev–Trinajstić information content (AvgIpc) is 3.53. The van der Waals surface area contributed by atoms with Crippen LogP contribution in [0.2, 0.25) is 0 Å². The average molecular weight is 481 g/mol. The molecule has 34 heavy (non-hydrogen) atoms. The number of carbonyl (C=O) groups is 1. The third-order valence-corrected chi connectivity index (χ3v) is 7.92. The van der Waals surface area contributed by atoms with Gasteiger partial charge in [0, 0.05) is 37.3 Å². The molecule has 0 N–H and O–H groups in total. The molecule has 1 aromatic carbocycles. The minimum Gasteiger partial charge on any atom is -0.340 e. The first kappa shape index (κ1) is 22.5. The number of benzene rings is 1. The third kappa shape index (κ3) is 3.75. The summed E-state index contributed by atoms with van der Waals surface area (Å²) < 4.78 is 25.4. The number of nitrogens with zero attached hydrogens (tertiary/aromatic N) is 6. The van der Waals surface area contributed by atoms with Crippen LogP contribution in [0.4, 0.5) is 11.5 Å². The zero-order valence-electron chi connectivity index (χ0n) is 19.5. The molecule has 10 heteroatoms. The van der Waals surface area contributed by atoms with Crippen LogP contribution in [0, 0.1) is 0 Å². The normalized spacial score (nSPS) is 19.0. The molecule has 1 unspecified atom stereocenters. The van der Waals surface area contributed by atoms with Crippen LogP contribution in [0.3, 0.4) is 0 Å². The van der Waals surface area contributed by atoms with E-state index in [4.69, 9.17) is 4.98 Å². The van der Waals surface area contributed by atoms with Gasteiger partial charge in [0.25, 0.3) is 0 Å². The smallest absolute Gasteiger partial charge is 0.249 e. The fraction of sp³-hybridized carbons (Fsp3) is 0.417. The highest BCUT2D eigenvalue weighted by Crippen LogP contribution is 2.39. The van der Waals surface area contributed by atoms with Gasteiger partial charge in [-0.05, 0) is 43.5 Å². The van der Waals surface area contributed by atoms with Crippen LogP contribution < -0.4 is 9.80 Å². The standard InChI is InChI=1S/C24H28N6O3S/c1-4-19-23(31)28(2)20-15-26-24(27-22(20)30(19)17-7-5-6-8-17)29-14-13-25-21(29)16-9-11-18(12-10-16)34(3,32)33/h9-15,17,19H,4-8H2,1-3H3. The molecule has 3 aromatic rings. The second-order valence-corrected chi connectivity index (χ2v) is 11.0. The van der Waals surface area contributed by atoms with Crippen molar-refractivity contribution in [2.45, 2.75) is 56.0 Å². The molecule has 1 aliphatic carbocycles. The van der Waals surface area contributed by atoms with Crippen LogP contribution in [-0.4, -0.2) is 59.2 Å². The molecule has 178 valence electrons. The lowest BCUT2D eigenvalue weighted by atomic mass is 10.0. The molecule has 1 aliphatic heterocycles. The lowest BCUT2D eigenvalue weighted by Gasteiger charge is -2.43. The van der Waals surface area contributed by atoms with E-state index in [1.807, 2.05) is 6.92 Å². The number of imidazole rings is 1. The SMILES string of the molecule is CCC1C(=O)N(C)c2cnc(-n3ccnc3-c3ccc(S(C)(=O)=O)cc3)nc2N1C1CCCC1. The van der Waals surface area contributed by atoms with Crippen molar-refractivity contribution in [3.05, 3.63) is 42.9 Å². The highest BCUT2D eigenvalue weighted by Gasteiger charge is 2.41. The molecule has 0 bridgehead atoms. The van der Waals surface area contributed by atoms with E-state index in [0.717, 1.165) is 37.1 Å². The number of likely N-dealkylation sites (N-methyl/N-ethyl adjacent to an activating group) is 1. The Morgan fingerprint density at radius 2 is 1.79 bits per heavy atom. The maximum atomic E-state index is 13.1. The summed E-state index contributed by atoms with van der Waals surface area (Å²) in [5, 5.41) is 0.